The number of pyridine rings is 1. The lowest BCUT2D eigenvalue weighted by atomic mass is 10.2. The average molecular weight is 320 g/mol. The zero-order valence-electron chi connectivity index (χ0n) is 12.3. The Labute approximate surface area is 134 Å². The highest BCUT2D eigenvalue weighted by Crippen LogP contribution is 2.29. The van der Waals surface area contributed by atoms with E-state index < -0.39 is 0 Å². The predicted molar refractivity (Wildman–Crippen MR) is 86.6 cm³/mol. The molecule has 0 radical (unpaired) electrons. The van der Waals surface area contributed by atoms with E-state index in [0.717, 1.165) is 13.0 Å². The Kier molecular flexibility index (Phi) is 6.18. The second-order valence-corrected chi connectivity index (χ2v) is 5.05. The van der Waals surface area contributed by atoms with Crippen LogP contribution in [0.5, 0.6) is 11.5 Å². The van der Waals surface area contributed by atoms with Crippen LogP contribution in [-0.4, -0.2) is 31.0 Å². The van der Waals surface area contributed by atoms with E-state index in [9.17, 15) is 4.79 Å². The number of aromatic nitrogens is 1. The van der Waals surface area contributed by atoms with Crippen molar-refractivity contribution in [2.24, 2.45) is 0 Å². The number of hydrogen-bond acceptors (Lipinski definition) is 4. The van der Waals surface area contributed by atoms with Crippen LogP contribution in [0.4, 0.5) is 0 Å². The number of nitrogens with one attached hydrogen (secondary N) is 2. The second kappa shape index (κ2) is 8.36. The summed E-state index contributed by atoms with van der Waals surface area (Å²) in [5.41, 5.74) is 0.511. The van der Waals surface area contributed by atoms with Gasteiger partial charge in [0.15, 0.2) is 0 Å². The SMILES string of the molecule is CNCCCNC(=O)c1ccc(Oc2ccncc2)c(Cl)c1. The Balaban J connectivity index is 1.98. The van der Waals surface area contributed by atoms with Crippen molar-refractivity contribution in [2.75, 3.05) is 20.1 Å². The molecule has 5 nitrogen and oxygen atoms in total. The fourth-order valence-electron chi connectivity index (χ4n) is 1.83. The molecule has 2 rings (SSSR count). The highest BCUT2D eigenvalue weighted by atomic mass is 35.5. The summed E-state index contributed by atoms with van der Waals surface area (Å²) in [6.45, 7) is 1.48. The molecule has 0 aliphatic heterocycles. The normalized spacial score (nSPS) is 10.3. The minimum atomic E-state index is -0.145. The largest absolute Gasteiger partial charge is 0.456 e. The maximum atomic E-state index is 12.0. The Morgan fingerprint density at radius 2 is 2.00 bits per heavy atom. The van der Waals surface area contributed by atoms with Gasteiger partial charge in [0, 0.05) is 24.5 Å². The number of ether oxygens (including phenoxy) is 1. The van der Waals surface area contributed by atoms with Gasteiger partial charge in [-0.05, 0) is 50.3 Å². The molecule has 0 aliphatic carbocycles. The molecule has 0 aliphatic rings. The molecule has 22 heavy (non-hydrogen) atoms. The van der Waals surface area contributed by atoms with E-state index in [2.05, 4.69) is 15.6 Å². The van der Waals surface area contributed by atoms with Crippen LogP contribution >= 0.6 is 11.6 Å². The van der Waals surface area contributed by atoms with Crippen LogP contribution in [0.1, 0.15) is 16.8 Å². The third-order valence-electron chi connectivity index (χ3n) is 2.96. The van der Waals surface area contributed by atoms with E-state index >= 15 is 0 Å². The van der Waals surface area contributed by atoms with E-state index in [0.29, 0.717) is 28.6 Å². The first kappa shape index (κ1) is 16.3. The average Bonchev–Trinajstić information content (AvgIpc) is 2.54. The molecule has 0 saturated carbocycles. The quantitative estimate of drug-likeness (QED) is 0.770. The molecule has 0 saturated heterocycles. The molecular weight excluding hydrogens is 302 g/mol. The molecule has 2 aromatic rings. The molecule has 1 heterocycles. The molecule has 1 amide bonds. The fourth-order valence-corrected chi connectivity index (χ4v) is 2.05. The zero-order chi connectivity index (χ0) is 15.8. The van der Waals surface area contributed by atoms with Gasteiger partial charge >= 0.3 is 0 Å². The van der Waals surface area contributed by atoms with E-state index in [1.807, 2.05) is 7.05 Å². The smallest absolute Gasteiger partial charge is 0.251 e. The molecule has 0 bridgehead atoms. The molecule has 0 spiro atoms. The molecule has 2 N–H and O–H groups in total. The summed E-state index contributed by atoms with van der Waals surface area (Å²) in [5.74, 6) is 0.995. The van der Waals surface area contributed by atoms with Gasteiger partial charge in [0.2, 0.25) is 0 Å². The third-order valence-corrected chi connectivity index (χ3v) is 3.26. The Morgan fingerprint density at radius 1 is 1.23 bits per heavy atom. The van der Waals surface area contributed by atoms with E-state index in [1.165, 1.54) is 0 Å². The maximum absolute atomic E-state index is 12.0. The molecule has 6 heteroatoms. The lowest BCUT2D eigenvalue weighted by molar-refractivity contribution is 0.0953. The van der Waals surface area contributed by atoms with Crippen molar-refractivity contribution in [1.29, 1.82) is 0 Å². The van der Waals surface area contributed by atoms with Crippen molar-refractivity contribution >= 4 is 17.5 Å². The fraction of sp³-hybridized carbons (Fsp3) is 0.250. The summed E-state index contributed by atoms with van der Waals surface area (Å²) >= 11 is 6.18. The lowest BCUT2D eigenvalue weighted by Crippen LogP contribution is -2.26. The molecule has 116 valence electrons. The van der Waals surface area contributed by atoms with Crippen molar-refractivity contribution in [3.8, 4) is 11.5 Å². The number of benzene rings is 1. The molecule has 1 aromatic carbocycles. The number of amides is 1. The van der Waals surface area contributed by atoms with Crippen molar-refractivity contribution in [1.82, 2.24) is 15.6 Å². The summed E-state index contributed by atoms with van der Waals surface area (Å²) in [6, 6.07) is 8.45. The standard InChI is InChI=1S/C16H18ClN3O2/c1-18-7-2-8-20-16(21)12-3-4-15(14(17)11-12)22-13-5-9-19-10-6-13/h3-6,9-11,18H,2,7-8H2,1H3,(H,20,21). The zero-order valence-corrected chi connectivity index (χ0v) is 13.1. The number of rotatable bonds is 7. The minimum absolute atomic E-state index is 0.145. The van der Waals surface area contributed by atoms with Crippen LogP contribution in [0.25, 0.3) is 0 Å². The molecule has 0 unspecified atom stereocenters. The van der Waals surface area contributed by atoms with Gasteiger partial charge in [0.25, 0.3) is 5.91 Å². The Bertz CT molecular complexity index is 620. The van der Waals surface area contributed by atoms with Gasteiger partial charge in [-0.1, -0.05) is 11.6 Å². The number of halogens is 1. The predicted octanol–water partition coefficient (Wildman–Crippen LogP) is 2.87. The van der Waals surface area contributed by atoms with E-state index in [4.69, 9.17) is 16.3 Å². The van der Waals surface area contributed by atoms with Crippen molar-refractivity contribution in [2.45, 2.75) is 6.42 Å². The Hall–Kier alpha value is -2.11. The van der Waals surface area contributed by atoms with Gasteiger partial charge < -0.3 is 15.4 Å². The van der Waals surface area contributed by atoms with Crippen molar-refractivity contribution in [3.05, 3.63) is 53.3 Å². The topological polar surface area (TPSA) is 63.2 Å². The van der Waals surface area contributed by atoms with Crippen molar-refractivity contribution < 1.29 is 9.53 Å². The second-order valence-electron chi connectivity index (χ2n) is 4.64. The van der Waals surface area contributed by atoms with Crippen LogP contribution in [0.3, 0.4) is 0 Å². The van der Waals surface area contributed by atoms with Crippen LogP contribution in [0, 0.1) is 0 Å². The Morgan fingerprint density at radius 3 is 2.68 bits per heavy atom. The van der Waals surface area contributed by atoms with Gasteiger partial charge in [0.1, 0.15) is 11.5 Å². The lowest BCUT2D eigenvalue weighted by Gasteiger charge is -2.09. The molecule has 1 aromatic heterocycles. The first-order valence-corrected chi connectivity index (χ1v) is 7.38. The number of hydrogen-bond donors (Lipinski definition) is 2. The first-order valence-electron chi connectivity index (χ1n) is 7.01. The van der Waals surface area contributed by atoms with Gasteiger partial charge in [-0.25, -0.2) is 0 Å². The summed E-state index contributed by atoms with van der Waals surface area (Å²) < 4.78 is 5.65. The summed E-state index contributed by atoms with van der Waals surface area (Å²) in [4.78, 5) is 15.9. The summed E-state index contributed by atoms with van der Waals surface area (Å²) in [7, 11) is 1.88. The van der Waals surface area contributed by atoms with Crippen LogP contribution in [0.15, 0.2) is 42.7 Å². The third kappa shape index (κ3) is 4.72. The summed E-state index contributed by atoms with van der Waals surface area (Å²) in [6.07, 6.45) is 4.14. The summed E-state index contributed by atoms with van der Waals surface area (Å²) in [5, 5.41) is 6.26. The van der Waals surface area contributed by atoms with E-state index in [1.54, 1.807) is 42.7 Å². The monoisotopic (exact) mass is 319 g/mol. The maximum Gasteiger partial charge on any atom is 0.251 e. The molecule has 0 atom stereocenters. The van der Waals surface area contributed by atoms with Gasteiger partial charge in [-0.3, -0.25) is 9.78 Å². The molecule has 0 fully saturated rings. The van der Waals surface area contributed by atoms with E-state index in [-0.39, 0.29) is 5.91 Å². The van der Waals surface area contributed by atoms with Crippen LogP contribution in [-0.2, 0) is 0 Å². The van der Waals surface area contributed by atoms with Gasteiger partial charge in [-0.2, -0.15) is 0 Å². The first-order chi connectivity index (χ1) is 10.7. The van der Waals surface area contributed by atoms with Gasteiger partial charge in [0.05, 0.1) is 5.02 Å². The number of nitrogens with zero attached hydrogens (tertiary/aromatic N) is 1. The van der Waals surface area contributed by atoms with Crippen molar-refractivity contribution in [3.63, 3.8) is 0 Å². The van der Waals surface area contributed by atoms with Gasteiger partial charge in [-0.15, -0.1) is 0 Å². The van der Waals surface area contributed by atoms with Crippen LogP contribution in [0.2, 0.25) is 5.02 Å². The van der Waals surface area contributed by atoms with Crippen LogP contribution < -0.4 is 15.4 Å². The number of carbonyl (C=O) groups is 1. The minimum Gasteiger partial charge on any atom is -0.456 e. The molecular formula is C16H18ClN3O2. The highest BCUT2D eigenvalue weighted by molar-refractivity contribution is 6.32. The number of carbonyl (C=O) groups excluding carboxylic acids is 1. The highest BCUT2D eigenvalue weighted by Gasteiger charge is 2.09.